The Kier molecular flexibility index (Phi) is 10.5. The molecule has 0 bridgehead atoms. The largest absolute Gasteiger partial charge is 0.496 e. The standard InChI is InChI=1S/C19H27ClN4O2.HI/c1-5-13(6-2)17-10-16(26-24-17)12-23-19(21-3)22-11-14-7-8-15(20)9-18(14)25-4;/h7-10,13H,5-6,11-12H2,1-4H3,(H2,21,22,23);1H. The lowest BCUT2D eigenvalue weighted by Crippen LogP contribution is -2.36. The van der Waals surface area contributed by atoms with Crippen molar-refractivity contribution in [3.8, 4) is 5.75 Å². The second kappa shape index (κ2) is 12.1. The van der Waals surface area contributed by atoms with E-state index < -0.39 is 0 Å². The van der Waals surface area contributed by atoms with Crippen molar-refractivity contribution < 1.29 is 9.26 Å². The average Bonchev–Trinajstić information content (AvgIpc) is 3.12. The van der Waals surface area contributed by atoms with Crippen LogP contribution in [-0.2, 0) is 13.1 Å². The second-order valence-electron chi connectivity index (χ2n) is 5.97. The molecule has 0 fully saturated rings. The van der Waals surface area contributed by atoms with Crippen LogP contribution < -0.4 is 15.4 Å². The van der Waals surface area contributed by atoms with Gasteiger partial charge in [-0.3, -0.25) is 4.99 Å². The monoisotopic (exact) mass is 506 g/mol. The van der Waals surface area contributed by atoms with E-state index in [-0.39, 0.29) is 24.0 Å². The molecule has 0 atom stereocenters. The number of rotatable bonds is 8. The molecule has 0 aliphatic rings. The maximum atomic E-state index is 6.00. The van der Waals surface area contributed by atoms with E-state index in [0.29, 0.717) is 30.0 Å². The Balaban J connectivity index is 0.00000364. The highest BCUT2D eigenvalue weighted by Crippen LogP contribution is 2.23. The minimum absolute atomic E-state index is 0. The number of hydrogen-bond acceptors (Lipinski definition) is 4. The van der Waals surface area contributed by atoms with E-state index in [1.165, 1.54) is 0 Å². The van der Waals surface area contributed by atoms with E-state index in [4.69, 9.17) is 20.9 Å². The molecule has 1 heterocycles. The van der Waals surface area contributed by atoms with Crippen LogP contribution in [0.5, 0.6) is 5.75 Å². The number of halogens is 2. The highest BCUT2D eigenvalue weighted by molar-refractivity contribution is 14.0. The van der Waals surface area contributed by atoms with E-state index in [1.54, 1.807) is 20.2 Å². The summed E-state index contributed by atoms with van der Waals surface area (Å²) in [7, 11) is 3.36. The van der Waals surface area contributed by atoms with Crippen LogP contribution in [0.2, 0.25) is 5.02 Å². The Labute approximate surface area is 183 Å². The molecular weight excluding hydrogens is 479 g/mol. The van der Waals surface area contributed by atoms with Gasteiger partial charge < -0.3 is 19.9 Å². The Bertz CT molecular complexity index is 732. The van der Waals surface area contributed by atoms with Crippen molar-refractivity contribution in [2.45, 2.75) is 45.7 Å². The first-order valence-electron chi connectivity index (χ1n) is 8.83. The van der Waals surface area contributed by atoms with Crippen LogP contribution in [0.15, 0.2) is 33.8 Å². The first kappa shape index (κ1) is 23.6. The Hall–Kier alpha value is -1.48. The third-order valence-electron chi connectivity index (χ3n) is 4.33. The minimum atomic E-state index is 0. The molecule has 0 saturated heterocycles. The predicted molar refractivity (Wildman–Crippen MR) is 120 cm³/mol. The van der Waals surface area contributed by atoms with Crippen LogP contribution in [0.25, 0.3) is 0 Å². The summed E-state index contributed by atoms with van der Waals surface area (Å²) in [5, 5.41) is 11.3. The highest BCUT2D eigenvalue weighted by Gasteiger charge is 2.13. The number of methoxy groups -OCH3 is 1. The van der Waals surface area contributed by atoms with E-state index in [9.17, 15) is 0 Å². The summed E-state index contributed by atoms with van der Waals surface area (Å²) in [6.45, 7) is 5.41. The van der Waals surface area contributed by atoms with Crippen LogP contribution >= 0.6 is 35.6 Å². The van der Waals surface area contributed by atoms with Gasteiger partial charge in [-0.1, -0.05) is 36.7 Å². The van der Waals surface area contributed by atoms with Crippen molar-refractivity contribution in [1.29, 1.82) is 0 Å². The predicted octanol–water partition coefficient (Wildman–Crippen LogP) is 4.72. The van der Waals surface area contributed by atoms with Gasteiger partial charge in [0.15, 0.2) is 11.7 Å². The average molecular weight is 507 g/mol. The normalized spacial score (nSPS) is 11.3. The number of hydrogen-bond donors (Lipinski definition) is 2. The SMILES string of the molecule is CCC(CC)c1cc(CNC(=NC)NCc2ccc(Cl)cc2OC)on1.I. The minimum Gasteiger partial charge on any atom is -0.496 e. The van der Waals surface area contributed by atoms with Gasteiger partial charge in [-0.05, 0) is 25.0 Å². The molecule has 6 nitrogen and oxygen atoms in total. The first-order valence-corrected chi connectivity index (χ1v) is 9.21. The summed E-state index contributed by atoms with van der Waals surface area (Å²) in [5.74, 6) is 2.65. The fraction of sp³-hybridized carbons (Fsp3) is 0.474. The van der Waals surface area contributed by atoms with Crippen molar-refractivity contribution >= 4 is 41.5 Å². The number of ether oxygens (including phenoxy) is 1. The van der Waals surface area contributed by atoms with Crippen molar-refractivity contribution in [3.05, 3.63) is 46.3 Å². The van der Waals surface area contributed by atoms with Gasteiger partial charge in [-0.2, -0.15) is 0 Å². The summed E-state index contributed by atoms with van der Waals surface area (Å²) in [6.07, 6.45) is 2.12. The van der Waals surface area contributed by atoms with Gasteiger partial charge >= 0.3 is 0 Å². The van der Waals surface area contributed by atoms with Gasteiger partial charge in [0.2, 0.25) is 0 Å². The molecule has 27 heavy (non-hydrogen) atoms. The Morgan fingerprint density at radius 1 is 1.22 bits per heavy atom. The molecule has 0 unspecified atom stereocenters. The van der Waals surface area contributed by atoms with E-state index in [2.05, 4.69) is 34.6 Å². The van der Waals surface area contributed by atoms with Gasteiger partial charge in [-0.25, -0.2) is 0 Å². The Morgan fingerprint density at radius 2 is 1.93 bits per heavy atom. The van der Waals surface area contributed by atoms with Crippen LogP contribution in [0.4, 0.5) is 0 Å². The van der Waals surface area contributed by atoms with Gasteiger partial charge in [0.05, 0.1) is 19.3 Å². The maximum absolute atomic E-state index is 6.00. The molecule has 0 aliphatic carbocycles. The lowest BCUT2D eigenvalue weighted by Gasteiger charge is -2.13. The molecule has 2 rings (SSSR count). The molecule has 0 aliphatic heterocycles. The molecule has 0 radical (unpaired) electrons. The molecule has 0 amide bonds. The van der Waals surface area contributed by atoms with Crippen LogP contribution in [-0.4, -0.2) is 25.3 Å². The fourth-order valence-electron chi connectivity index (χ4n) is 2.75. The summed E-state index contributed by atoms with van der Waals surface area (Å²) in [4.78, 5) is 4.23. The quantitative estimate of drug-likeness (QED) is 0.308. The van der Waals surface area contributed by atoms with Gasteiger partial charge in [0.25, 0.3) is 0 Å². The fourth-order valence-corrected chi connectivity index (χ4v) is 2.91. The molecule has 2 N–H and O–H groups in total. The number of nitrogens with one attached hydrogen (secondary N) is 2. The number of aliphatic imine (C=N–C) groups is 1. The Morgan fingerprint density at radius 3 is 2.56 bits per heavy atom. The number of benzene rings is 1. The van der Waals surface area contributed by atoms with Crippen molar-refractivity contribution in [2.24, 2.45) is 4.99 Å². The van der Waals surface area contributed by atoms with Crippen molar-refractivity contribution in [2.75, 3.05) is 14.2 Å². The van der Waals surface area contributed by atoms with Gasteiger partial charge in [0, 0.05) is 36.2 Å². The molecule has 150 valence electrons. The summed E-state index contributed by atoms with van der Waals surface area (Å²) < 4.78 is 10.8. The van der Waals surface area contributed by atoms with Crippen LogP contribution in [0.3, 0.4) is 0 Å². The smallest absolute Gasteiger partial charge is 0.191 e. The highest BCUT2D eigenvalue weighted by atomic mass is 127. The lowest BCUT2D eigenvalue weighted by atomic mass is 9.99. The molecule has 0 saturated carbocycles. The second-order valence-corrected chi connectivity index (χ2v) is 6.40. The zero-order valence-electron chi connectivity index (χ0n) is 16.2. The number of nitrogens with zero attached hydrogens (tertiary/aromatic N) is 2. The summed E-state index contributed by atoms with van der Waals surface area (Å²) in [5.41, 5.74) is 2.01. The van der Waals surface area contributed by atoms with Crippen molar-refractivity contribution in [1.82, 2.24) is 15.8 Å². The summed E-state index contributed by atoms with van der Waals surface area (Å²) in [6, 6.07) is 7.58. The first-order chi connectivity index (χ1) is 12.6. The van der Waals surface area contributed by atoms with E-state index in [0.717, 1.165) is 35.6 Å². The number of guanidine groups is 1. The molecule has 2 aromatic rings. The van der Waals surface area contributed by atoms with Crippen molar-refractivity contribution in [3.63, 3.8) is 0 Å². The third kappa shape index (κ3) is 6.88. The maximum Gasteiger partial charge on any atom is 0.191 e. The summed E-state index contributed by atoms with van der Waals surface area (Å²) >= 11 is 6.00. The third-order valence-corrected chi connectivity index (χ3v) is 4.57. The zero-order chi connectivity index (χ0) is 18.9. The number of aromatic nitrogens is 1. The molecule has 1 aromatic heterocycles. The molecule has 0 spiro atoms. The van der Waals surface area contributed by atoms with E-state index >= 15 is 0 Å². The van der Waals surface area contributed by atoms with Crippen LogP contribution in [0, 0.1) is 0 Å². The molecule has 8 heteroatoms. The lowest BCUT2D eigenvalue weighted by molar-refractivity contribution is 0.368. The van der Waals surface area contributed by atoms with Crippen LogP contribution in [0.1, 0.15) is 49.6 Å². The molecule has 1 aromatic carbocycles. The topological polar surface area (TPSA) is 71.7 Å². The van der Waals surface area contributed by atoms with E-state index in [1.807, 2.05) is 18.2 Å². The van der Waals surface area contributed by atoms with Gasteiger partial charge in [-0.15, -0.1) is 24.0 Å². The van der Waals surface area contributed by atoms with Gasteiger partial charge in [0.1, 0.15) is 5.75 Å². The molecular formula is C19H28ClIN4O2. The zero-order valence-corrected chi connectivity index (χ0v) is 19.3.